The minimum Gasteiger partial charge on any atom is -0.371 e. The van der Waals surface area contributed by atoms with Crippen LogP contribution in [0.3, 0.4) is 0 Å². The summed E-state index contributed by atoms with van der Waals surface area (Å²) in [5.74, 6) is -0.0386. The Balaban J connectivity index is 1.40. The van der Waals surface area contributed by atoms with Crippen LogP contribution >= 0.6 is 0 Å². The molecule has 0 spiro atoms. The molecule has 156 valence electrons. The first kappa shape index (κ1) is 20.1. The summed E-state index contributed by atoms with van der Waals surface area (Å²) >= 11 is 0. The first-order chi connectivity index (χ1) is 13.9. The Morgan fingerprint density at radius 1 is 1.10 bits per heavy atom. The van der Waals surface area contributed by atoms with Gasteiger partial charge in [-0.15, -0.1) is 0 Å². The molecule has 2 aliphatic rings. The van der Waals surface area contributed by atoms with E-state index in [4.69, 9.17) is 0 Å². The molecule has 1 amide bonds. The number of benzene rings is 1. The highest BCUT2D eigenvalue weighted by Gasteiger charge is 2.35. The Bertz CT molecular complexity index is 883. The summed E-state index contributed by atoms with van der Waals surface area (Å²) in [6.07, 6.45) is 10.2. The van der Waals surface area contributed by atoms with Crippen LogP contribution in [0.2, 0.25) is 0 Å². The summed E-state index contributed by atoms with van der Waals surface area (Å²) in [6, 6.07) is 6.74. The molecule has 1 saturated carbocycles. The van der Waals surface area contributed by atoms with E-state index < -0.39 is 0 Å². The third kappa shape index (κ3) is 4.54. The molecule has 0 bridgehead atoms. The molecule has 1 aliphatic heterocycles. The molecule has 1 aromatic heterocycles. The monoisotopic (exact) mass is 397 g/mol. The molecule has 4 nitrogen and oxygen atoms in total. The number of halogens is 1. The third-order valence-corrected chi connectivity index (χ3v) is 6.98. The average Bonchev–Trinajstić information content (AvgIpc) is 2.68. The number of hydrogen-bond donors (Lipinski definition) is 1. The maximum Gasteiger partial charge on any atom is 0.220 e. The summed E-state index contributed by atoms with van der Waals surface area (Å²) in [5.41, 5.74) is 1.85. The van der Waals surface area contributed by atoms with Gasteiger partial charge in [-0.05, 0) is 62.3 Å². The number of rotatable bonds is 4. The fraction of sp³-hybridized carbons (Fsp3) is 0.583. The zero-order valence-electron chi connectivity index (χ0n) is 17.6. The van der Waals surface area contributed by atoms with E-state index in [2.05, 4.69) is 29.0 Å². The summed E-state index contributed by atoms with van der Waals surface area (Å²) in [5, 5.41) is 4.20. The first-order valence-electron chi connectivity index (χ1n) is 11.0. The summed E-state index contributed by atoms with van der Waals surface area (Å²) in [6.45, 7) is 6.17. The molecule has 0 radical (unpaired) electrons. The van der Waals surface area contributed by atoms with Gasteiger partial charge in [-0.2, -0.15) is 0 Å². The van der Waals surface area contributed by atoms with Gasteiger partial charge in [0.2, 0.25) is 5.91 Å². The van der Waals surface area contributed by atoms with Gasteiger partial charge >= 0.3 is 0 Å². The van der Waals surface area contributed by atoms with E-state index in [1.54, 1.807) is 18.3 Å². The topological polar surface area (TPSA) is 45.2 Å². The number of nitrogens with one attached hydrogen (secondary N) is 1. The second kappa shape index (κ2) is 7.92. The lowest BCUT2D eigenvalue weighted by atomic mass is 9.76. The van der Waals surface area contributed by atoms with Crippen molar-refractivity contribution in [2.75, 3.05) is 18.0 Å². The van der Waals surface area contributed by atoms with Gasteiger partial charge in [0, 0.05) is 42.3 Å². The number of pyridine rings is 1. The quantitative estimate of drug-likeness (QED) is 0.770. The second-order valence-corrected chi connectivity index (χ2v) is 9.64. The molecule has 1 aliphatic carbocycles. The molecule has 2 aromatic rings. The minimum absolute atomic E-state index is 0.0136. The molecular formula is C24H32FN3O. The van der Waals surface area contributed by atoms with Crippen molar-refractivity contribution in [1.82, 2.24) is 10.3 Å². The van der Waals surface area contributed by atoms with E-state index in [0.717, 1.165) is 55.4 Å². The van der Waals surface area contributed by atoms with Gasteiger partial charge < -0.3 is 10.2 Å². The lowest BCUT2D eigenvalue weighted by Crippen LogP contribution is -2.49. The van der Waals surface area contributed by atoms with Crippen LogP contribution in [0.5, 0.6) is 0 Å². The zero-order chi connectivity index (χ0) is 20.5. The zero-order valence-corrected chi connectivity index (χ0v) is 17.6. The van der Waals surface area contributed by atoms with E-state index >= 15 is 0 Å². The maximum absolute atomic E-state index is 13.8. The number of aromatic nitrogens is 1. The third-order valence-electron chi connectivity index (χ3n) is 6.98. The highest BCUT2D eigenvalue weighted by molar-refractivity contribution is 5.91. The number of nitrogens with zero attached hydrogens (tertiary/aromatic N) is 2. The molecular weight excluding hydrogens is 365 g/mol. The van der Waals surface area contributed by atoms with Gasteiger partial charge in [0.25, 0.3) is 0 Å². The van der Waals surface area contributed by atoms with Gasteiger partial charge in [0.05, 0.1) is 5.52 Å². The Morgan fingerprint density at radius 3 is 2.55 bits per heavy atom. The van der Waals surface area contributed by atoms with Crippen molar-refractivity contribution in [2.45, 2.75) is 70.8 Å². The lowest BCUT2D eigenvalue weighted by molar-refractivity contribution is -0.125. The van der Waals surface area contributed by atoms with E-state index in [-0.39, 0.29) is 22.7 Å². The smallest absolute Gasteiger partial charge is 0.220 e. The van der Waals surface area contributed by atoms with Crippen molar-refractivity contribution in [3.63, 3.8) is 0 Å². The van der Waals surface area contributed by atoms with Gasteiger partial charge in [-0.1, -0.05) is 26.2 Å². The number of amides is 1. The van der Waals surface area contributed by atoms with Crippen LogP contribution < -0.4 is 10.2 Å². The Kier molecular flexibility index (Phi) is 5.50. The van der Waals surface area contributed by atoms with Crippen molar-refractivity contribution in [3.8, 4) is 0 Å². The lowest BCUT2D eigenvalue weighted by Gasteiger charge is -2.41. The van der Waals surface area contributed by atoms with Crippen molar-refractivity contribution in [1.29, 1.82) is 0 Å². The molecule has 0 atom stereocenters. The number of piperidine rings is 1. The van der Waals surface area contributed by atoms with Crippen LogP contribution in [0.25, 0.3) is 10.9 Å². The summed E-state index contributed by atoms with van der Waals surface area (Å²) < 4.78 is 13.8. The van der Waals surface area contributed by atoms with Crippen molar-refractivity contribution in [2.24, 2.45) is 5.41 Å². The molecule has 4 rings (SSSR count). The van der Waals surface area contributed by atoms with Crippen molar-refractivity contribution < 1.29 is 9.18 Å². The van der Waals surface area contributed by atoms with Crippen LogP contribution in [0.15, 0.2) is 30.5 Å². The fourth-order valence-corrected chi connectivity index (χ4v) is 5.07. The van der Waals surface area contributed by atoms with Gasteiger partial charge in [0.15, 0.2) is 0 Å². The second-order valence-electron chi connectivity index (χ2n) is 9.64. The van der Waals surface area contributed by atoms with Crippen LogP contribution in [0.4, 0.5) is 10.1 Å². The number of anilines is 1. The van der Waals surface area contributed by atoms with Crippen molar-refractivity contribution in [3.05, 3.63) is 36.3 Å². The van der Waals surface area contributed by atoms with Crippen LogP contribution in [-0.2, 0) is 4.79 Å². The van der Waals surface area contributed by atoms with E-state index in [1.165, 1.54) is 25.3 Å². The van der Waals surface area contributed by atoms with E-state index in [1.807, 2.05) is 6.07 Å². The molecule has 1 aromatic carbocycles. The molecule has 1 saturated heterocycles. The largest absolute Gasteiger partial charge is 0.371 e. The van der Waals surface area contributed by atoms with E-state index in [0.29, 0.717) is 6.42 Å². The molecule has 2 heterocycles. The molecule has 29 heavy (non-hydrogen) atoms. The number of hydrogen-bond acceptors (Lipinski definition) is 3. The first-order valence-corrected chi connectivity index (χ1v) is 11.0. The molecule has 5 heteroatoms. The van der Waals surface area contributed by atoms with Gasteiger partial charge in [-0.25, -0.2) is 4.39 Å². The van der Waals surface area contributed by atoms with Crippen LogP contribution in [-0.4, -0.2) is 29.5 Å². The maximum atomic E-state index is 13.8. The predicted molar refractivity (Wildman–Crippen MR) is 116 cm³/mol. The predicted octanol–water partition coefficient (Wildman–Crippen LogP) is 5.21. The number of carbonyl (C=O) groups excluding carboxylic acids is 1. The Morgan fingerprint density at radius 2 is 1.83 bits per heavy atom. The Labute approximate surface area is 172 Å². The van der Waals surface area contributed by atoms with E-state index in [9.17, 15) is 9.18 Å². The summed E-state index contributed by atoms with van der Waals surface area (Å²) in [4.78, 5) is 19.5. The minimum atomic E-state index is -0.235. The standard InChI is InChI=1S/C24H32FN3O/c1-23(17-22(29)27-24(2)9-4-3-5-10-24)11-14-28(15-12-23)21-8-13-26-20-7-6-18(25)16-19(20)21/h6-8,13,16H,3-5,9-12,14-15,17H2,1-2H3,(H,27,29). The Hall–Kier alpha value is -2.17. The molecule has 2 fully saturated rings. The normalized spacial score (nSPS) is 21.1. The number of fused-ring (bicyclic) bond motifs is 1. The molecule has 1 N–H and O–H groups in total. The van der Waals surface area contributed by atoms with Crippen molar-refractivity contribution >= 4 is 22.5 Å². The number of carbonyl (C=O) groups is 1. The average molecular weight is 398 g/mol. The highest BCUT2D eigenvalue weighted by Crippen LogP contribution is 2.38. The van der Waals surface area contributed by atoms with Crippen LogP contribution in [0, 0.1) is 11.2 Å². The van der Waals surface area contributed by atoms with Crippen LogP contribution in [0.1, 0.15) is 65.2 Å². The fourth-order valence-electron chi connectivity index (χ4n) is 5.07. The highest BCUT2D eigenvalue weighted by atomic mass is 19.1. The molecule has 0 unspecified atom stereocenters. The summed E-state index contributed by atoms with van der Waals surface area (Å²) in [7, 11) is 0. The van der Waals surface area contributed by atoms with Gasteiger partial charge in [0.1, 0.15) is 5.82 Å². The SMILES string of the molecule is CC1(CC(=O)NC2(C)CCCCC2)CCN(c2ccnc3ccc(F)cc23)CC1. The van der Waals surface area contributed by atoms with Gasteiger partial charge in [-0.3, -0.25) is 9.78 Å².